The van der Waals surface area contributed by atoms with Gasteiger partial charge in [-0.2, -0.15) is 4.98 Å². The van der Waals surface area contributed by atoms with Crippen molar-refractivity contribution >= 4 is 5.82 Å². The monoisotopic (exact) mass is 344 g/mol. The number of piperazine rings is 1. The molecule has 1 fully saturated rings. The Hall–Kier alpha value is -2.02. The van der Waals surface area contributed by atoms with Crippen LogP contribution in [0.2, 0.25) is 0 Å². The summed E-state index contributed by atoms with van der Waals surface area (Å²) in [6.07, 6.45) is 0. The molecule has 1 saturated heterocycles. The summed E-state index contributed by atoms with van der Waals surface area (Å²) < 4.78 is 5.23. The molecule has 0 amide bonds. The zero-order valence-corrected chi connectivity index (χ0v) is 16.1. The van der Waals surface area contributed by atoms with Crippen molar-refractivity contribution in [1.29, 1.82) is 0 Å². The second kappa shape index (κ2) is 6.71. The van der Waals surface area contributed by atoms with Crippen molar-refractivity contribution in [3.05, 3.63) is 28.8 Å². The Morgan fingerprint density at radius 1 is 0.960 bits per heavy atom. The van der Waals surface area contributed by atoms with Gasteiger partial charge in [-0.05, 0) is 20.8 Å². The summed E-state index contributed by atoms with van der Waals surface area (Å²) in [5.74, 6) is 3.37. The highest BCUT2D eigenvalue weighted by Gasteiger charge is 2.25. The van der Waals surface area contributed by atoms with Crippen molar-refractivity contribution in [3.8, 4) is 0 Å². The number of hydrogen-bond acceptors (Lipinski definition) is 7. The topological polar surface area (TPSA) is 71.2 Å². The molecule has 0 unspecified atom stereocenters. The molecule has 1 aliphatic rings. The Morgan fingerprint density at radius 3 is 2.20 bits per heavy atom. The van der Waals surface area contributed by atoms with Gasteiger partial charge in [-0.1, -0.05) is 25.9 Å². The van der Waals surface area contributed by atoms with E-state index in [9.17, 15) is 0 Å². The van der Waals surface area contributed by atoms with E-state index in [1.54, 1.807) is 0 Å². The smallest absolute Gasteiger partial charge is 0.240 e. The maximum Gasteiger partial charge on any atom is 0.240 e. The second-order valence-corrected chi connectivity index (χ2v) is 7.83. The molecule has 7 heteroatoms. The lowest BCUT2D eigenvalue weighted by Gasteiger charge is -2.36. The molecule has 0 bridgehead atoms. The third-order valence-electron chi connectivity index (χ3n) is 4.63. The van der Waals surface area contributed by atoms with E-state index in [0.717, 1.165) is 43.5 Å². The van der Waals surface area contributed by atoms with E-state index in [-0.39, 0.29) is 5.41 Å². The quantitative estimate of drug-likeness (QED) is 0.846. The zero-order chi connectivity index (χ0) is 18.2. The predicted octanol–water partition coefficient (Wildman–Crippen LogP) is 2.40. The SMILES string of the molecule is Cc1noc(CN2CCN(c3nc(C(C)(C)C)nc(C)c3C)CC2)n1. The molecule has 0 N–H and O–H groups in total. The molecule has 3 rings (SSSR count). The van der Waals surface area contributed by atoms with Crippen LogP contribution >= 0.6 is 0 Å². The third-order valence-corrected chi connectivity index (χ3v) is 4.63. The largest absolute Gasteiger partial charge is 0.354 e. The Labute approximate surface area is 149 Å². The van der Waals surface area contributed by atoms with Gasteiger partial charge in [-0.3, -0.25) is 4.90 Å². The van der Waals surface area contributed by atoms with Crippen LogP contribution in [-0.4, -0.2) is 51.2 Å². The molecule has 2 aromatic heterocycles. The molecule has 136 valence electrons. The van der Waals surface area contributed by atoms with Gasteiger partial charge in [0.1, 0.15) is 11.6 Å². The van der Waals surface area contributed by atoms with Crippen molar-refractivity contribution < 1.29 is 4.52 Å². The molecule has 0 aliphatic carbocycles. The van der Waals surface area contributed by atoms with Crippen LogP contribution in [0.1, 0.15) is 49.6 Å². The Bertz CT molecular complexity index is 741. The van der Waals surface area contributed by atoms with Gasteiger partial charge in [-0.15, -0.1) is 0 Å². The van der Waals surface area contributed by atoms with Gasteiger partial charge < -0.3 is 9.42 Å². The predicted molar refractivity (Wildman–Crippen MR) is 96.7 cm³/mol. The molecule has 0 atom stereocenters. The highest BCUT2D eigenvalue weighted by molar-refractivity contribution is 5.49. The summed E-state index contributed by atoms with van der Waals surface area (Å²) in [5.41, 5.74) is 2.19. The summed E-state index contributed by atoms with van der Waals surface area (Å²) in [5, 5.41) is 3.86. The fraction of sp³-hybridized carbons (Fsp3) is 0.667. The van der Waals surface area contributed by atoms with Crippen molar-refractivity contribution in [2.24, 2.45) is 0 Å². The molecular weight excluding hydrogens is 316 g/mol. The second-order valence-electron chi connectivity index (χ2n) is 7.83. The molecule has 7 nitrogen and oxygen atoms in total. The van der Waals surface area contributed by atoms with Gasteiger partial charge in [0.25, 0.3) is 0 Å². The standard InChI is InChI=1S/C18H28N6O/c1-12-13(2)19-17(18(4,5)6)21-16(12)24-9-7-23(8-10-24)11-15-20-14(3)22-25-15/h7-11H2,1-6H3. The number of aromatic nitrogens is 4. The van der Waals surface area contributed by atoms with E-state index in [2.05, 4.69) is 54.6 Å². The number of hydrogen-bond donors (Lipinski definition) is 0. The normalized spacial score (nSPS) is 16.5. The Morgan fingerprint density at radius 2 is 1.64 bits per heavy atom. The third kappa shape index (κ3) is 3.98. The van der Waals surface area contributed by atoms with Crippen molar-refractivity contribution in [3.63, 3.8) is 0 Å². The highest BCUT2D eigenvalue weighted by atomic mass is 16.5. The van der Waals surface area contributed by atoms with Crippen LogP contribution in [-0.2, 0) is 12.0 Å². The highest BCUT2D eigenvalue weighted by Crippen LogP contribution is 2.26. The number of anilines is 1. The summed E-state index contributed by atoms with van der Waals surface area (Å²) in [7, 11) is 0. The van der Waals surface area contributed by atoms with Gasteiger partial charge in [0, 0.05) is 42.9 Å². The van der Waals surface area contributed by atoms with Crippen molar-refractivity contribution in [1.82, 2.24) is 25.0 Å². The van der Waals surface area contributed by atoms with Crippen LogP contribution in [0.4, 0.5) is 5.82 Å². The minimum Gasteiger partial charge on any atom is -0.354 e. The maximum absolute atomic E-state index is 5.23. The molecular formula is C18H28N6O. The summed E-state index contributed by atoms with van der Waals surface area (Å²) >= 11 is 0. The molecule has 0 spiro atoms. The van der Waals surface area contributed by atoms with E-state index in [4.69, 9.17) is 14.5 Å². The van der Waals surface area contributed by atoms with Crippen LogP contribution in [0.3, 0.4) is 0 Å². The molecule has 25 heavy (non-hydrogen) atoms. The van der Waals surface area contributed by atoms with Crippen LogP contribution in [0, 0.1) is 20.8 Å². The first-order valence-corrected chi connectivity index (χ1v) is 8.86. The van der Waals surface area contributed by atoms with Crippen LogP contribution in [0.25, 0.3) is 0 Å². The molecule has 0 aromatic carbocycles. The lowest BCUT2D eigenvalue weighted by atomic mass is 9.95. The molecule has 0 radical (unpaired) electrons. The van der Waals surface area contributed by atoms with Gasteiger partial charge in [0.15, 0.2) is 5.82 Å². The first-order chi connectivity index (χ1) is 11.7. The Balaban J connectivity index is 1.71. The summed E-state index contributed by atoms with van der Waals surface area (Å²) in [6.45, 7) is 17.0. The van der Waals surface area contributed by atoms with Gasteiger partial charge >= 0.3 is 0 Å². The lowest BCUT2D eigenvalue weighted by Crippen LogP contribution is -2.46. The first-order valence-electron chi connectivity index (χ1n) is 8.86. The van der Waals surface area contributed by atoms with E-state index in [0.29, 0.717) is 18.3 Å². The summed E-state index contributed by atoms with van der Waals surface area (Å²) in [4.78, 5) is 18.6. The van der Waals surface area contributed by atoms with E-state index < -0.39 is 0 Å². The summed E-state index contributed by atoms with van der Waals surface area (Å²) in [6, 6.07) is 0. The van der Waals surface area contributed by atoms with E-state index in [1.807, 2.05) is 6.92 Å². The van der Waals surface area contributed by atoms with Gasteiger partial charge in [0.05, 0.1) is 6.54 Å². The van der Waals surface area contributed by atoms with E-state index in [1.165, 1.54) is 5.56 Å². The average molecular weight is 344 g/mol. The molecule has 2 aromatic rings. The number of rotatable bonds is 3. The maximum atomic E-state index is 5.23. The molecule has 1 aliphatic heterocycles. The minimum absolute atomic E-state index is 0.0507. The number of nitrogens with zero attached hydrogens (tertiary/aromatic N) is 6. The lowest BCUT2D eigenvalue weighted by molar-refractivity contribution is 0.215. The van der Waals surface area contributed by atoms with Crippen molar-refractivity contribution in [2.45, 2.75) is 53.5 Å². The van der Waals surface area contributed by atoms with Crippen LogP contribution in [0.15, 0.2) is 4.52 Å². The van der Waals surface area contributed by atoms with Crippen molar-refractivity contribution in [2.75, 3.05) is 31.1 Å². The first kappa shape index (κ1) is 17.8. The zero-order valence-electron chi connectivity index (χ0n) is 16.1. The molecule has 0 saturated carbocycles. The fourth-order valence-corrected chi connectivity index (χ4v) is 2.97. The fourth-order valence-electron chi connectivity index (χ4n) is 2.97. The van der Waals surface area contributed by atoms with Gasteiger partial charge in [-0.25, -0.2) is 9.97 Å². The van der Waals surface area contributed by atoms with Gasteiger partial charge in [0.2, 0.25) is 5.89 Å². The molecule has 3 heterocycles. The van der Waals surface area contributed by atoms with Crippen LogP contribution in [0.5, 0.6) is 0 Å². The average Bonchev–Trinajstić information content (AvgIpc) is 2.95. The minimum atomic E-state index is -0.0507. The van der Waals surface area contributed by atoms with E-state index >= 15 is 0 Å². The Kier molecular flexibility index (Phi) is 4.77. The van der Waals surface area contributed by atoms with Crippen LogP contribution < -0.4 is 4.90 Å². The number of aryl methyl sites for hydroxylation is 2.